The zero-order valence-corrected chi connectivity index (χ0v) is 11.4. The van der Waals surface area contributed by atoms with Crippen molar-refractivity contribution < 1.29 is 14.0 Å². The van der Waals surface area contributed by atoms with Crippen molar-refractivity contribution in [3.8, 4) is 0 Å². The van der Waals surface area contributed by atoms with Crippen LogP contribution in [-0.4, -0.2) is 16.8 Å². The molecule has 20 heavy (non-hydrogen) atoms. The molecule has 2 aromatic heterocycles. The first-order valence-electron chi connectivity index (χ1n) is 6.33. The van der Waals surface area contributed by atoms with E-state index < -0.39 is 5.91 Å². The number of thiophene rings is 1. The first-order chi connectivity index (χ1) is 9.74. The van der Waals surface area contributed by atoms with Crippen LogP contribution < -0.4 is 10.9 Å². The molecular weight excluding hydrogens is 278 g/mol. The van der Waals surface area contributed by atoms with Gasteiger partial charge < -0.3 is 4.42 Å². The molecule has 1 aliphatic carbocycles. The Hall–Kier alpha value is -2.15. The highest BCUT2D eigenvalue weighted by molar-refractivity contribution is 7.12. The molecule has 0 saturated heterocycles. The minimum absolute atomic E-state index is 0.179. The third kappa shape index (κ3) is 2.57. The number of hydrazine groups is 1. The number of nitrogens with one attached hydrogen (secondary N) is 2. The Morgan fingerprint density at radius 3 is 2.75 bits per heavy atom. The molecule has 104 valence electrons. The molecule has 0 unspecified atom stereocenters. The molecule has 1 fully saturated rings. The summed E-state index contributed by atoms with van der Waals surface area (Å²) in [7, 11) is 0. The maximum absolute atomic E-state index is 11.8. The highest BCUT2D eigenvalue weighted by atomic mass is 32.1. The molecule has 0 aromatic carbocycles. The van der Waals surface area contributed by atoms with Gasteiger partial charge in [0.25, 0.3) is 11.8 Å². The summed E-state index contributed by atoms with van der Waals surface area (Å²) in [6.07, 6.45) is 4.60. The van der Waals surface area contributed by atoms with Crippen molar-refractivity contribution in [3.05, 3.63) is 40.2 Å². The zero-order chi connectivity index (χ0) is 13.9. The number of aromatic nitrogens is 1. The van der Waals surface area contributed by atoms with Gasteiger partial charge in [0.2, 0.25) is 0 Å². The van der Waals surface area contributed by atoms with E-state index in [-0.39, 0.29) is 11.6 Å². The molecule has 0 aliphatic heterocycles. The van der Waals surface area contributed by atoms with E-state index in [4.69, 9.17) is 4.42 Å². The Kier molecular flexibility index (Phi) is 3.51. The lowest BCUT2D eigenvalue weighted by Gasteiger charge is -2.21. The Bertz CT molecular complexity index is 617. The molecule has 0 bridgehead atoms. The molecule has 3 rings (SSSR count). The van der Waals surface area contributed by atoms with Crippen LogP contribution in [0.3, 0.4) is 0 Å². The van der Waals surface area contributed by atoms with E-state index in [1.165, 1.54) is 24.0 Å². The second-order valence-corrected chi connectivity index (χ2v) is 5.53. The van der Waals surface area contributed by atoms with Gasteiger partial charge in [-0.1, -0.05) is 12.5 Å². The Labute approximate surface area is 119 Å². The van der Waals surface area contributed by atoms with Crippen LogP contribution in [0.25, 0.3) is 0 Å². The Morgan fingerprint density at radius 1 is 1.30 bits per heavy atom. The summed E-state index contributed by atoms with van der Waals surface area (Å²) >= 11 is 1.30. The fraction of sp³-hybridized carbons (Fsp3) is 0.308. The molecule has 0 radical (unpaired) electrons. The van der Waals surface area contributed by atoms with Gasteiger partial charge in [-0.25, -0.2) is 4.98 Å². The second-order valence-electron chi connectivity index (χ2n) is 4.58. The summed E-state index contributed by atoms with van der Waals surface area (Å²) in [5.74, 6) is 0.100. The molecule has 2 N–H and O–H groups in total. The number of hydrogen-bond donors (Lipinski definition) is 2. The quantitative estimate of drug-likeness (QED) is 0.848. The second kappa shape index (κ2) is 5.46. The fourth-order valence-corrected chi connectivity index (χ4v) is 2.50. The van der Waals surface area contributed by atoms with Gasteiger partial charge >= 0.3 is 0 Å². The van der Waals surface area contributed by atoms with E-state index in [0.29, 0.717) is 16.7 Å². The summed E-state index contributed by atoms with van der Waals surface area (Å²) in [5.41, 5.74) is 4.84. The molecule has 2 amide bonds. The van der Waals surface area contributed by atoms with Crippen LogP contribution in [0.5, 0.6) is 0 Å². The summed E-state index contributed by atoms with van der Waals surface area (Å²) in [4.78, 5) is 28.1. The third-order valence-electron chi connectivity index (χ3n) is 3.24. The number of carbonyl (C=O) groups excluding carboxylic acids is 2. The summed E-state index contributed by atoms with van der Waals surface area (Å²) in [6.45, 7) is 0. The van der Waals surface area contributed by atoms with Gasteiger partial charge in [-0.05, 0) is 24.3 Å². The van der Waals surface area contributed by atoms with Crippen LogP contribution in [0.1, 0.15) is 51.2 Å². The normalized spacial score (nSPS) is 14.6. The average molecular weight is 291 g/mol. The summed E-state index contributed by atoms with van der Waals surface area (Å²) in [6, 6.07) is 3.45. The van der Waals surface area contributed by atoms with Gasteiger partial charge in [0, 0.05) is 5.92 Å². The lowest BCUT2D eigenvalue weighted by atomic mass is 9.85. The number of hydrogen-bond acceptors (Lipinski definition) is 5. The van der Waals surface area contributed by atoms with Gasteiger partial charge in [0.05, 0.1) is 4.88 Å². The van der Waals surface area contributed by atoms with E-state index in [9.17, 15) is 9.59 Å². The van der Waals surface area contributed by atoms with Crippen LogP contribution in [0.2, 0.25) is 0 Å². The average Bonchev–Trinajstić information content (AvgIpc) is 3.04. The van der Waals surface area contributed by atoms with E-state index in [2.05, 4.69) is 15.8 Å². The summed E-state index contributed by atoms with van der Waals surface area (Å²) in [5, 5.41) is 1.79. The first-order valence-corrected chi connectivity index (χ1v) is 7.21. The van der Waals surface area contributed by atoms with Gasteiger partial charge in [-0.15, -0.1) is 11.3 Å². The number of amides is 2. The van der Waals surface area contributed by atoms with Crippen LogP contribution in [0, 0.1) is 0 Å². The van der Waals surface area contributed by atoms with Crippen LogP contribution in [-0.2, 0) is 0 Å². The Balaban J connectivity index is 1.56. The highest BCUT2D eigenvalue weighted by Gasteiger charge is 2.25. The van der Waals surface area contributed by atoms with Crippen molar-refractivity contribution in [2.24, 2.45) is 0 Å². The molecule has 6 nitrogen and oxygen atoms in total. The van der Waals surface area contributed by atoms with Crippen molar-refractivity contribution in [1.82, 2.24) is 15.8 Å². The van der Waals surface area contributed by atoms with E-state index in [1.54, 1.807) is 17.5 Å². The molecule has 2 heterocycles. The molecule has 2 aromatic rings. The minimum atomic E-state index is -0.482. The topological polar surface area (TPSA) is 84.2 Å². The fourth-order valence-electron chi connectivity index (χ4n) is 1.88. The van der Waals surface area contributed by atoms with E-state index in [1.807, 2.05) is 0 Å². The van der Waals surface area contributed by atoms with Crippen LogP contribution >= 0.6 is 11.3 Å². The van der Waals surface area contributed by atoms with Crippen LogP contribution in [0.15, 0.2) is 28.2 Å². The predicted molar refractivity (Wildman–Crippen MR) is 72.3 cm³/mol. The molecule has 0 atom stereocenters. The summed E-state index contributed by atoms with van der Waals surface area (Å²) < 4.78 is 5.29. The maximum Gasteiger partial charge on any atom is 0.291 e. The first kappa shape index (κ1) is 12.9. The minimum Gasteiger partial charge on any atom is -0.448 e. The predicted octanol–water partition coefficient (Wildman–Crippen LogP) is 2.08. The van der Waals surface area contributed by atoms with Crippen molar-refractivity contribution in [1.29, 1.82) is 0 Å². The van der Waals surface area contributed by atoms with Crippen molar-refractivity contribution >= 4 is 23.2 Å². The standard InChI is InChI=1S/C13H13N3O3S/c17-11(15-16-12(18)10-5-2-6-20-10)9-7-19-13(14-9)8-3-1-4-8/h2,5-8H,1,3-4H2,(H,15,17)(H,16,18). The monoisotopic (exact) mass is 291 g/mol. The molecule has 1 saturated carbocycles. The van der Waals surface area contributed by atoms with Gasteiger partial charge in [-0.3, -0.25) is 20.4 Å². The molecular formula is C13H13N3O3S. The smallest absolute Gasteiger partial charge is 0.291 e. The SMILES string of the molecule is O=C(NNC(=O)c1cccs1)c1coc(C2CCC2)n1. The molecule has 1 aliphatic rings. The van der Waals surface area contributed by atoms with Gasteiger partial charge in [-0.2, -0.15) is 0 Å². The van der Waals surface area contributed by atoms with Crippen LogP contribution in [0.4, 0.5) is 0 Å². The number of carbonyl (C=O) groups is 2. The van der Waals surface area contributed by atoms with Crippen molar-refractivity contribution in [3.63, 3.8) is 0 Å². The highest BCUT2D eigenvalue weighted by Crippen LogP contribution is 2.35. The largest absolute Gasteiger partial charge is 0.448 e. The van der Waals surface area contributed by atoms with E-state index >= 15 is 0 Å². The molecule has 7 heteroatoms. The third-order valence-corrected chi connectivity index (χ3v) is 4.11. The van der Waals surface area contributed by atoms with Crippen molar-refractivity contribution in [2.45, 2.75) is 25.2 Å². The number of rotatable bonds is 3. The zero-order valence-electron chi connectivity index (χ0n) is 10.6. The van der Waals surface area contributed by atoms with Crippen molar-refractivity contribution in [2.75, 3.05) is 0 Å². The van der Waals surface area contributed by atoms with E-state index in [0.717, 1.165) is 12.8 Å². The number of nitrogens with zero attached hydrogens (tertiary/aromatic N) is 1. The Morgan fingerprint density at radius 2 is 2.10 bits per heavy atom. The molecule has 0 spiro atoms. The lowest BCUT2D eigenvalue weighted by Crippen LogP contribution is -2.41. The number of oxazole rings is 1. The van der Waals surface area contributed by atoms with Gasteiger partial charge in [0.1, 0.15) is 6.26 Å². The maximum atomic E-state index is 11.8. The lowest BCUT2D eigenvalue weighted by molar-refractivity contribution is 0.0846. The van der Waals surface area contributed by atoms with Gasteiger partial charge in [0.15, 0.2) is 11.6 Å².